The van der Waals surface area contributed by atoms with Crippen molar-refractivity contribution in [1.82, 2.24) is 0 Å². The second kappa shape index (κ2) is 5.80. The predicted molar refractivity (Wildman–Crippen MR) is 90.0 cm³/mol. The quantitative estimate of drug-likeness (QED) is 0.814. The number of benzene rings is 2. The zero-order chi connectivity index (χ0) is 15.6. The second-order valence-electron chi connectivity index (χ2n) is 6.72. The Morgan fingerprint density at radius 3 is 2.33 bits per heavy atom. The molecule has 21 heavy (non-hydrogen) atoms. The number of nitrogens with one attached hydrogen (secondary N) is 1. The number of rotatable bonds is 3. The molecule has 0 aliphatic heterocycles. The first-order chi connectivity index (χ1) is 9.79. The van der Waals surface area contributed by atoms with Crippen LogP contribution in [0, 0.1) is 6.92 Å². The predicted octanol–water partition coefficient (Wildman–Crippen LogP) is 5.17. The van der Waals surface area contributed by atoms with Crippen molar-refractivity contribution in [3.63, 3.8) is 0 Å². The van der Waals surface area contributed by atoms with Crippen molar-refractivity contribution in [3.05, 3.63) is 59.2 Å². The fourth-order valence-electron chi connectivity index (χ4n) is 2.59. The van der Waals surface area contributed by atoms with Gasteiger partial charge in [0, 0.05) is 11.3 Å². The number of aromatic hydroxyl groups is 1. The molecule has 2 nitrogen and oxygen atoms in total. The minimum Gasteiger partial charge on any atom is -0.508 e. The van der Waals surface area contributed by atoms with Gasteiger partial charge in [-0.25, -0.2) is 0 Å². The molecule has 0 radical (unpaired) electrons. The van der Waals surface area contributed by atoms with E-state index in [-0.39, 0.29) is 11.5 Å². The Labute approximate surface area is 127 Å². The third-order valence-corrected chi connectivity index (χ3v) is 3.76. The summed E-state index contributed by atoms with van der Waals surface area (Å²) in [5.41, 5.74) is 4.47. The van der Waals surface area contributed by atoms with E-state index < -0.39 is 0 Å². The summed E-state index contributed by atoms with van der Waals surface area (Å²) in [5, 5.41) is 13.7. The molecule has 0 heterocycles. The highest BCUT2D eigenvalue weighted by Crippen LogP contribution is 2.33. The van der Waals surface area contributed by atoms with Gasteiger partial charge in [-0.1, -0.05) is 51.1 Å². The minimum absolute atomic E-state index is 0.0501. The third-order valence-electron chi connectivity index (χ3n) is 3.76. The SMILES string of the molecule is Cc1ccc(C(C)Nc2ccccc2C(C)(C)C)c(O)c1. The Kier molecular flexibility index (Phi) is 4.26. The average Bonchev–Trinajstić information content (AvgIpc) is 2.37. The fourth-order valence-corrected chi connectivity index (χ4v) is 2.59. The zero-order valence-corrected chi connectivity index (χ0v) is 13.6. The molecule has 2 rings (SSSR count). The summed E-state index contributed by atoms with van der Waals surface area (Å²) >= 11 is 0. The summed E-state index contributed by atoms with van der Waals surface area (Å²) in [7, 11) is 0. The summed E-state index contributed by atoms with van der Waals surface area (Å²) in [6, 6.07) is 14.2. The molecule has 0 spiro atoms. The Bertz CT molecular complexity index is 626. The van der Waals surface area contributed by atoms with Gasteiger partial charge in [-0.15, -0.1) is 0 Å². The van der Waals surface area contributed by atoms with E-state index in [1.807, 2.05) is 31.2 Å². The zero-order valence-electron chi connectivity index (χ0n) is 13.6. The molecule has 1 unspecified atom stereocenters. The summed E-state index contributed by atoms with van der Waals surface area (Å²) in [4.78, 5) is 0. The number of hydrogen-bond acceptors (Lipinski definition) is 2. The molecule has 2 aromatic rings. The lowest BCUT2D eigenvalue weighted by Crippen LogP contribution is -2.16. The van der Waals surface area contributed by atoms with Crippen molar-refractivity contribution in [3.8, 4) is 5.75 Å². The maximum absolute atomic E-state index is 10.1. The van der Waals surface area contributed by atoms with Gasteiger partial charge in [0.25, 0.3) is 0 Å². The van der Waals surface area contributed by atoms with Crippen LogP contribution in [0.2, 0.25) is 0 Å². The van der Waals surface area contributed by atoms with Gasteiger partial charge in [0.1, 0.15) is 5.75 Å². The van der Waals surface area contributed by atoms with Gasteiger partial charge >= 0.3 is 0 Å². The molecule has 0 saturated carbocycles. The van der Waals surface area contributed by atoms with Crippen LogP contribution in [-0.2, 0) is 5.41 Å². The molecule has 2 N–H and O–H groups in total. The molecular weight excluding hydrogens is 258 g/mol. The van der Waals surface area contributed by atoms with Crippen molar-refractivity contribution < 1.29 is 5.11 Å². The van der Waals surface area contributed by atoms with Gasteiger partial charge < -0.3 is 10.4 Å². The highest BCUT2D eigenvalue weighted by atomic mass is 16.3. The molecule has 2 heteroatoms. The average molecular weight is 283 g/mol. The molecule has 1 atom stereocenters. The van der Waals surface area contributed by atoms with E-state index in [1.165, 1.54) is 5.56 Å². The summed E-state index contributed by atoms with van der Waals surface area (Å²) in [6.07, 6.45) is 0. The topological polar surface area (TPSA) is 32.3 Å². The first-order valence-electron chi connectivity index (χ1n) is 7.44. The van der Waals surface area contributed by atoms with Crippen LogP contribution in [-0.4, -0.2) is 5.11 Å². The normalized spacial score (nSPS) is 13.0. The number of para-hydroxylation sites is 1. The smallest absolute Gasteiger partial charge is 0.121 e. The monoisotopic (exact) mass is 283 g/mol. The lowest BCUT2D eigenvalue weighted by atomic mass is 9.85. The van der Waals surface area contributed by atoms with E-state index in [2.05, 4.69) is 51.2 Å². The summed E-state index contributed by atoms with van der Waals surface area (Å²) < 4.78 is 0. The van der Waals surface area contributed by atoms with Gasteiger partial charge in [-0.2, -0.15) is 0 Å². The lowest BCUT2D eigenvalue weighted by Gasteiger charge is -2.26. The van der Waals surface area contributed by atoms with Crippen LogP contribution in [0.5, 0.6) is 5.75 Å². The Morgan fingerprint density at radius 2 is 1.71 bits per heavy atom. The molecule has 0 aliphatic rings. The number of aryl methyl sites for hydroxylation is 1. The molecule has 112 valence electrons. The minimum atomic E-state index is 0.0501. The van der Waals surface area contributed by atoms with Crippen molar-refractivity contribution in [2.45, 2.75) is 46.1 Å². The molecule has 0 saturated heterocycles. The fraction of sp³-hybridized carbons (Fsp3) is 0.368. The van der Waals surface area contributed by atoms with E-state index in [0.29, 0.717) is 5.75 Å². The third kappa shape index (κ3) is 3.57. The number of phenols is 1. The molecule has 0 bridgehead atoms. The lowest BCUT2D eigenvalue weighted by molar-refractivity contribution is 0.465. The standard InChI is InChI=1S/C19H25NO/c1-13-10-11-15(18(21)12-13)14(2)20-17-9-7-6-8-16(17)19(3,4)5/h6-12,14,20-21H,1-5H3. The van der Waals surface area contributed by atoms with E-state index in [4.69, 9.17) is 0 Å². The number of hydrogen-bond donors (Lipinski definition) is 2. The van der Waals surface area contributed by atoms with Crippen LogP contribution in [0.3, 0.4) is 0 Å². The largest absolute Gasteiger partial charge is 0.508 e. The molecule has 0 amide bonds. The summed E-state index contributed by atoms with van der Waals surface area (Å²) in [6.45, 7) is 10.7. The van der Waals surface area contributed by atoms with Crippen molar-refractivity contribution >= 4 is 5.69 Å². The highest BCUT2D eigenvalue weighted by Gasteiger charge is 2.19. The number of anilines is 1. The Morgan fingerprint density at radius 1 is 1.05 bits per heavy atom. The first kappa shape index (κ1) is 15.4. The highest BCUT2D eigenvalue weighted by molar-refractivity contribution is 5.56. The van der Waals surface area contributed by atoms with Crippen molar-refractivity contribution in [2.75, 3.05) is 5.32 Å². The van der Waals surface area contributed by atoms with Crippen LogP contribution in [0.15, 0.2) is 42.5 Å². The van der Waals surface area contributed by atoms with Crippen LogP contribution in [0.4, 0.5) is 5.69 Å². The molecule has 0 aromatic heterocycles. The second-order valence-corrected chi connectivity index (χ2v) is 6.72. The van der Waals surface area contributed by atoms with Crippen LogP contribution >= 0.6 is 0 Å². The van der Waals surface area contributed by atoms with E-state index in [1.54, 1.807) is 0 Å². The Balaban J connectivity index is 2.30. The van der Waals surface area contributed by atoms with E-state index >= 15 is 0 Å². The van der Waals surface area contributed by atoms with Crippen LogP contribution in [0.1, 0.15) is 50.4 Å². The van der Waals surface area contributed by atoms with E-state index in [9.17, 15) is 5.11 Å². The van der Waals surface area contributed by atoms with Crippen LogP contribution < -0.4 is 5.32 Å². The van der Waals surface area contributed by atoms with Gasteiger partial charge in [-0.05, 0) is 42.5 Å². The maximum Gasteiger partial charge on any atom is 0.121 e. The molecule has 0 aliphatic carbocycles. The van der Waals surface area contributed by atoms with Crippen LogP contribution in [0.25, 0.3) is 0 Å². The van der Waals surface area contributed by atoms with Gasteiger partial charge in [0.15, 0.2) is 0 Å². The number of phenolic OH excluding ortho intramolecular Hbond substituents is 1. The molecular formula is C19H25NO. The van der Waals surface area contributed by atoms with Gasteiger partial charge in [0.05, 0.1) is 6.04 Å². The van der Waals surface area contributed by atoms with Crippen molar-refractivity contribution in [1.29, 1.82) is 0 Å². The maximum atomic E-state index is 10.1. The first-order valence-corrected chi connectivity index (χ1v) is 7.44. The van der Waals surface area contributed by atoms with E-state index in [0.717, 1.165) is 16.8 Å². The van der Waals surface area contributed by atoms with Crippen molar-refractivity contribution in [2.24, 2.45) is 0 Å². The molecule has 2 aromatic carbocycles. The van der Waals surface area contributed by atoms with Gasteiger partial charge in [-0.3, -0.25) is 0 Å². The molecule has 0 fully saturated rings. The summed E-state index contributed by atoms with van der Waals surface area (Å²) in [5.74, 6) is 0.350. The van der Waals surface area contributed by atoms with Gasteiger partial charge in [0.2, 0.25) is 0 Å². The Hall–Kier alpha value is -1.96.